The van der Waals surface area contributed by atoms with E-state index in [9.17, 15) is 4.79 Å². The highest BCUT2D eigenvalue weighted by molar-refractivity contribution is 5.94. The molecular formula is C14H22N2O2. The molecule has 0 saturated heterocycles. The Morgan fingerprint density at radius 2 is 1.83 bits per heavy atom. The maximum absolute atomic E-state index is 11.7. The summed E-state index contributed by atoms with van der Waals surface area (Å²) in [4.78, 5) is 14.0. The molecule has 100 valence electrons. The molecule has 0 radical (unpaired) electrons. The summed E-state index contributed by atoms with van der Waals surface area (Å²) in [5, 5.41) is 11.8. The van der Waals surface area contributed by atoms with Gasteiger partial charge >= 0.3 is 0 Å². The molecule has 0 aromatic heterocycles. The van der Waals surface area contributed by atoms with Crippen molar-refractivity contribution in [1.82, 2.24) is 5.32 Å². The normalized spacial score (nSPS) is 12.0. The Morgan fingerprint density at radius 1 is 1.28 bits per heavy atom. The zero-order valence-corrected chi connectivity index (χ0v) is 11.3. The van der Waals surface area contributed by atoms with Crippen LogP contribution in [0, 0.1) is 0 Å². The lowest BCUT2D eigenvalue weighted by molar-refractivity contribution is 0.0924. The van der Waals surface area contributed by atoms with Crippen molar-refractivity contribution in [2.75, 3.05) is 24.5 Å². The van der Waals surface area contributed by atoms with Gasteiger partial charge in [-0.15, -0.1) is 0 Å². The van der Waals surface area contributed by atoms with Gasteiger partial charge in [-0.05, 0) is 45.0 Å². The van der Waals surface area contributed by atoms with E-state index in [0.717, 1.165) is 18.8 Å². The van der Waals surface area contributed by atoms with Crippen LogP contribution >= 0.6 is 0 Å². The third-order valence-corrected chi connectivity index (χ3v) is 2.82. The largest absolute Gasteiger partial charge is 0.392 e. The fraction of sp³-hybridized carbons (Fsp3) is 0.500. The quantitative estimate of drug-likeness (QED) is 0.807. The van der Waals surface area contributed by atoms with E-state index in [-0.39, 0.29) is 12.5 Å². The van der Waals surface area contributed by atoms with Crippen LogP contribution in [-0.2, 0) is 0 Å². The number of aliphatic hydroxyl groups excluding tert-OH is 1. The summed E-state index contributed by atoms with van der Waals surface area (Å²) in [5.41, 5.74) is 1.73. The highest BCUT2D eigenvalue weighted by Gasteiger charge is 2.07. The molecule has 1 amide bonds. The summed E-state index contributed by atoms with van der Waals surface area (Å²) in [6.07, 6.45) is -0.524. The van der Waals surface area contributed by atoms with Crippen molar-refractivity contribution in [2.24, 2.45) is 0 Å². The highest BCUT2D eigenvalue weighted by Crippen LogP contribution is 2.14. The first-order chi connectivity index (χ1) is 8.58. The molecule has 4 heteroatoms. The van der Waals surface area contributed by atoms with Crippen molar-refractivity contribution in [2.45, 2.75) is 26.9 Å². The molecular weight excluding hydrogens is 228 g/mol. The topological polar surface area (TPSA) is 52.6 Å². The van der Waals surface area contributed by atoms with E-state index in [1.54, 1.807) is 6.92 Å². The number of amides is 1. The first kappa shape index (κ1) is 14.5. The second-order valence-corrected chi connectivity index (χ2v) is 4.28. The van der Waals surface area contributed by atoms with Gasteiger partial charge in [0.2, 0.25) is 0 Å². The van der Waals surface area contributed by atoms with Gasteiger partial charge in [0.1, 0.15) is 0 Å². The molecule has 0 aliphatic carbocycles. The summed E-state index contributed by atoms with van der Waals surface area (Å²) < 4.78 is 0. The van der Waals surface area contributed by atoms with Gasteiger partial charge < -0.3 is 15.3 Å². The van der Waals surface area contributed by atoms with Gasteiger partial charge in [0.15, 0.2) is 0 Å². The number of carbonyl (C=O) groups is 1. The predicted molar refractivity (Wildman–Crippen MR) is 74.0 cm³/mol. The summed E-state index contributed by atoms with van der Waals surface area (Å²) in [6.45, 7) is 8.02. The van der Waals surface area contributed by atoms with Crippen molar-refractivity contribution in [3.63, 3.8) is 0 Å². The first-order valence-electron chi connectivity index (χ1n) is 6.39. The van der Waals surface area contributed by atoms with Crippen LogP contribution in [0.1, 0.15) is 31.1 Å². The van der Waals surface area contributed by atoms with Gasteiger partial charge in [0, 0.05) is 30.9 Å². The van der Waals surface area contributed by atoms with Gasteiger partial charge in [0.25, 0.3) is 5.91 Å². The van der Waals surface area contributed by atoms with Crippen molar-refractivity contribution in [1.29, 1.82) is 0 Å². The van der Waals surface area contributed by atoms with E-state index in [4.69, 9.17) is 5.11 Å². The number of anilines is 1. The third-order valence-electron chi connectivity index (χ3n) is 2.82. The second kappa shape index (κ2) is 7.01. The van der Waals surface area contributed by atoms with E-state index in [0.29, 0.717) is 5.56 Å². The maximum Gasteiger partial charge on any atom is 0.251 e. The summed E-state index contributed by atoms with van der Waals surface area (Å²) >= 11 is 0. The summed E-state index contributed by atoms with van der Waals surface area (Å²) in [7, 11) is 0. The number of aliphatic hydroxyl groups is 1. The molecule has 4 nitrogen and oxygen atoms in total. The van der Waals surface area contributed by atoms with Gasteiger partial charge in [0.05, 0.1) is 6.10 Å². The van der Waals surface area contributed by atoms with Gasteiger partial charge in [-0.25, -0.2) is 0 Å². The van der Waals surface area contributed by atoms with Crippen LogP contribution in [0.3, 0.4) is 0 Å². The van der Waals surface area contributed by atoms with E-state index < -0.39 is 6.10 Å². The number of hydrogen-bond donors (Lipinski definition) is 2. The minimum Gasteiger partial charge on any atom is -0.392 e. The lowest BCUT2D eigenvalue weighted by Gasteiger charge is -2.21. The highest BCUT2D eigenvalue weighted by atomic mass is 16.3. The van der Waals surface area contributed by atoms with E-state index in [2.05, 4.69) is 24.1 Å². The molecule has 1 unspecified atom stereocenters. The lowest BCUT2D eigenvalue weighted by Crippen LogP contribution is -2.30. The Morgan fingerprint density at radius 3 is 2.28 bits per heavy atom. The minimum atomic E-state index is -0.524. The molecule has 1 rings (SSSR count). The lowest BCUT2D eigenvalue weighted by atomic mass is 10.2. The second-order valence-electron chi connectivity index (χ2n) is 4.28. The van der Waals surface area contributed by atoms with Crippen LogP contribution in [-0.4, -0.2) is 36.8 Å². The van der Waals surface area contributed by atoms with Crippen LogP contribution in [0.25, 0.3) is 0 Å². The molecule has 1 atom stereocenters. The molecule has 0 spiro atoms. The molecule has 0 heterocycles. The predicted octanol–water partition coefficient (Wildman–Crippen LogP) is 1.64. The van der Waals surface area contributed by atoms with Crippen LogP contribution in [0.4, 0.5) is 5.69 Å². The smallest absolute Gasteiger partial charge is 0.251 e. The standard InChI is InChI=1S/C14H22N2O2/c1-4-16(5-2)13-8-6-12(7-9-13)14(18)15-10-11(3)17/h6-9,11,17H,4-5,10H2,1-3H3,(H,15,18). The zero-order valence-electron chi connectivity index (χ0n) is 11.3. The molecule has 0 bridgehead atoms. The Hall–Kier alpha value is -1.55. The molecule has 2 N–H and O–H groups in total. The number of rotatable bonds is 6. The summed E-state index contributed by atoms with van der Waals surface area (Å²) in [6, 6.07) is 7.52. The van der Waals surface area contributed by atoms with Crippen molar-refractivity contribution < 1.29 is 9.90 Å². The van der Waals surface area contributed by atoms with Gasteiger partial charge in [-0.2, -0.15) is 0 Å². The number of benzene rings is 1. The Balaban J connectivity index is 2.67. The number of nitrogens with zero attached hydrogens (tertiary/aromatic N) is 1. The molecule has 1 aromatic rings. The molecule has 0 aliphatic heterocycles. The monoisotopic (exact) mass is 250 g/mol. The molecule has 0 fully saturated rings. The van der Waals surface area contributed by atoms with Crippen LogP contribution in [0.15, 0.2) is 24.3 Å². The number of carbonyl (C=O) groups excluding carboxylic acids is 1. The number of hydrogen-bond acceptors (Lipinski definition) is 3. The minimum absolute atomic E-state index is 0.151. The number of nitrogens with one attached hydrogen (secondary N) is 1. The van der Waals surface area contributed by atoms with Crippen molar-refractivity contribution >= 4 is 11.6 Å². The average molecular weight is 250 g/mol. The molecule has 0 saturated carbocycles. The molecule has 18 heavy (non-hydrogen) atoms. The third kappa shape index (κ3) is 4.04. The van der Waals surface area contributed by atoms with Crippen LogP contribution in [0.5, 0.6) is 0 Å². The van der Waals surface area contributed by atoms with E-state index in [1.807, 2.05) is 24.3 Å². The molecule has 0 aliphatic rings. The first-order valence-corrected chi connectivity index (χ1v) is 6.39. The van der Waals surface area contributed by atoms with E-state index >= 15 is 0 Å². The SMILES string of the molecule is CCN(CC)c1ccc(C(=O)NCC(C)O)cc1. The average Bonchev–Trinajstić information content (AvgIpc) is 2.38. The zero-order chi connectivity index (χ0) is 13.5. The Bertz CT molecular complexity index is 370. The van der Waals surface area contributed by atoms with Crippen molar-refractivity contribution in [3.05, 3.63) is 29.8 Å². The molecule has 1 aromatic carbocycles. The Labute approximate surface area is 109 Å². The fourth-order valence-electron chi connectivity index (χ4n) is 1.75. The maximum atomic E-state index is 11.7. The van der Waals surface area contributed by atoms with Crippen molar-refractivity contribution in [3.8, 4) is 0 Å². The Kier molecular flexibility index (Phi) is 5.65. The summed E-state index contributed by atoms with van der Waals surface area (Å²) in [5.74, 6) is -0.151. The van der Waals surface area contributed by atoms with Gasteiger partial charge in [-0.1, -0.05) is 0 Å². The van der Waals surface area contributed by atoms with Crippen LogP contribution in [0.2, 0.25) is 0 Å². The fourth-order valence-corrected chi connectivity index (χ4v) is 1.75. The van der Waals surface area contributed by atoms with Gasteiger partial charge in [-0.3, -0.25) is 4.79 Å². The van der Waals surface area contributed by atoms with Crippen LogP contribution < -0.4 is 10.2 Å². The van der Waals surface area contributed by atoms with E-state index in [1.165, 1.54) is 0 Å².